The van der Waals surface area contributed by atoms with E-state index in [1.807, 2.05) is 42.5 Å². The second-order valence-corrected chi connectivity index (χ2v) is 6.26. The van der Waals surface area contributed by atoms with Crippen LogP contribution < -0.4 is 10.2 Å². The van der Waals surface area contributed by atoms with Crippen molar-refractivity contribution in [2.24, 2.45) is 0 Å². The average molecular weight is 356 g/mol. The highest BCUT2D eigenvalue weighted by Crippen LogP contribution is 2.26. The van der Waals surface area contributed by atoms with Crippen LogP contribution in [0, 0.1) is 0 Å². The minimum Gasteiger partial charge on any atom is -0.372 e. The van der Waals surface area contributed by atoms with Gasteiger partial charge in [-0.1, -0.05) is 48.0 Å². The fraction of sp³-hybridized carbons (Fsp3) is 0.250. The topological polar surface area (TPSA) is 48.1 Å². The molecule has 3 aromatic rings. The number of benzene rings is 2. The molecule has 2 aromatic carbocycles. The van der Waals surface area contributed by atoms with E-state index in [0.717, 1.165) is 30.4 Å². The van der Waals surface area contributed by atoms with Crippen molar-refractivity contribution in [3.63, 3.8) is 0 Å². The van der Waals surface area contributed by atoms with Crippen LogP contribution in [0.15, 0.2) is 54.6 Å². The van der Waals surface area contributed by atoms with E-state index >= 15 is 0 Å². The number of H-pyrrole nitrogens is 1. The molecular weight excluding hydrogens is 334 g/mol. The summed E-state index contributed by atoms with van der Waals surface area (Å²) >= 11 is 6.32. The van der Waals surface area contributed by atoms with Crippen LogP contribution in [0.4, 0.5) is 5.69 Å². The van der Waals surface area contributed by atoms with Crippen LogP contribution in [-0.2, 0) is 0 Å². The van der Waals surface area contributed by atoms with E-state index in [9.17, 15) is 4.79 Å². The van der Waals surface area contributed by atoms with E-state index in [4.69, 9.17) is 11.6 Å². The maximum absolute atomic E-state index is 12.4. The van der Waals surface area contributed by atoms with Crippen molar-refractivity contribution >= 4 is 34.1 Å². The number of aromatic amines is 1. The average Bonchev–Trinajstić information content (AvgIpc) is 2.99. The summed E-state index contributed by atoms with van der Waals surface area (Å²) in [6, 6.07) is 17.9. The van der Waals surface area contributed by atoms with Gasteiger partial charge >= 0.3 is 0 Å². The Labute approximate surface area is 152 Å². The first-order valence-corrected chi connectivity index (χ1v) is 8.93. The van der Waals surface area contributed by atoms with Crippen LogP contribution in [0.25, 0.3) is 10.9 Å². The third kappa shape index (κ3) is 3.97. The van der Waals surface area contributed by atoms with Gasteiger partial charge in [0, 0.05) is 36.2 Å². The molecule has 3 rings (SSSR count). The molecule has 25 heavy (non-hydrogen) atoms. The summed E-state index contributed by atoms with van der Waals surface area (Å²) < 4.78 is 0. The Kier molecular flexibility index (Phi) is 5.61. The first kappa shape index (κ1) is 17.4. The number of amides is 1. The zero-order chi connectivity index (χ0) is 17.6. The minimum absolute atomic E-state index is 0.163. The lowest BCUT2D eigenvalue weighted by atomic mass is 10.2. The van der Waals surface area contributed by atoms with Crippen LogP contribution in [0.5, 0.6) is 0 Å². The number of hydrogen-bond acceptors (Lipinski definition) is 2. The third-order valence-corrected chi connectivity index (χ3v) is 4.66. The predicted molar refractivity (Wildman–Crippen MR) is 105 cm³/mol. The van der Waals surface area contributed by atoms with Crippen molar-refractivity contribution in [2.45, 2.75) is 13.3 Å². The minimum atomic E-state index is -0.163. The molecule has 4 nitrogen and oxygen atoms in total. The summed E-state index contributed by atoms with van der Waals surface area (Å²) in [5, 5.41) is 4.30. The number of aromatic nitrogens is 1. The third-order valence-electron chi connectivity index (χ3n) is 4.26. The van der Waals surface area contributed by atoms with Crippen LogP contribution in [0.1, 0.15) is 23.8 Å². The van der Waals surface area contributed by atoms with Crippen molar-refractivity contribution in [1.29, 1.82) is 0 Å². The van der Waals surface area contributed by atoms with Gasteiger partial charge in [0.05, 0.1) is 5.02 Å². The molecule has 0 saturated heterocycles. The molecule has 0 spiro atoms. The summed E-state index contributed by atoms with van der Waals surface area (Å²) in [5.41, 5.74) is 2.51. The second kappa shape index (κ2) is 8.08. The number of para-hydroxylation sites is 2. The smallest absolute Gasteiger partial charge is 0.269 e. The van der Waals surface area contributed by atoms with Crippen molar-refractivity contribution in [3.8, 4) is 0 Å². The summed E-state index contributed by atoms with van der Waals surface area (Å²) in [7, 11) is 0. The highest BCUT2D eigenvalue weighted by Gasteiger charge is 2.15. The zero-order valence-corrected chi connectivity index (χ0v) is 15.0. The van der Waals surface area contributed by atoms with Crippen molar-refractivity contribution in [1.82, 2.24) is 10.3 Å². The molecule has 0 atom stereocenters. The fourth-order valence-corrected chi connectivity index (χ4v) is 3.23. The molecule has 0 fully saturated rings. The fourth-order valence-electron chi connectivity index (χ4n) is 2.93. The summed E-state index contributed by atoms with van der Waals surface area (Å²) in [4.78, 5) is 17.8. The Morgan fingerprint density at radius 2 is 1.84 bits per heavy atom. The standard InChI is InChI=1S/C20H22ClN3O/c1-2-24(15-9-4-3-5-10-15)14-8-13-22-20(25)19-18(21)16-11-6-7-12-17(16)23-19/h3-7,9-12,23H,2,8,13-14H2,1H3,(H,22,25). The first-order valence-electron chi connectivity index (χ1n) is 8.55. The van der Waals surface area contributed by atoms with E-state index in [2.05, 4.69) is 34.3 Å². The maximum Gasteiger partial charge on any atom is 0.269 e. The van der Waals surface area contributed by atoms with Crippen LogP contribution >= 0.6 is 11.6 Å². The van der Waals surface area contributed by atoms with E-state index in [1.165, 1.54) is 5.69 Å². The number of nitrogens with one attached hydrogen (secondary N) is 2. The maximum atomic E-state index is 12.4. The SMILES string of the molecule is CCN(CCCNC(=O)c1[nH]c2ccccc2c1Cl)c1ccccc1. The molecule has 0 bridgehead atoms. The second-order valence-electron chi connectivity index (χ2n) is 5.88. The van der Waals surface area contributed by atoms with Crippen molar-refractivity contribution in [2.75, 3.05) is 24.5 Å². The molecule has 5 heteroatoms. The molecule has 0 radical (unpaired) electrons. The molecule has 2 N–H and O–H groups in total. The van der Waals surface area contributed by atoms with Gasteiger partial charge in [0.2, 0.25) is 0 Å². The lowest BCUT2D eigenvalue weighted by molar-refractivity contribution is 0.0949. The Balaban J connectivity index is 1.54. The van der Waals surface area contributed by atoms with E-state index in [-0.39, 0.29) is 5.91 Å². The van der Waals surface area contributed by atoms with E-state index in [1.54, 1.807) is 0 Å². The van der Waals surface area contributed by atoms with Gasteiger partial charge in [0.1, 0.15) is 5.69 Å². The Bertz CT molecular complexity index is 845. The molecular formula is C20H22ClN3O. The summed E-state index contributed by atoms with van der Waals surface area (Å²) in [6.07, 6.45) is 0.867. The molecule has 0 unspecified atom stereocenters. The van der Waals surface area contributed by atoms with E-state index in [0.29, 0.717) is 17.3 Å². The Hall–Kier alpha value is -2.46. The van der Waals surface area contributed by atoms with Gasteiger partial charge in [0.15, 0.2) is 0 Å². The number of anilines is 1. The predicted octanol–water partition coefficient (Wildman–Crippen LogP) is 4.47. The van der Waals surface area contributed by atoms with E-state index < -0.39 is 0 Å². The lowest BCUT2D eigenvalue weighted by Gasteiger charge is -2.23. The first-order chi connectivity index (χ1) is 12.2. The lowest BCUT2D eigenvalue weighted by Crippen LogP contribution is -2.30. The molecule has 0 saturated carbocycles. The molecule has 0 aliphatic rings. The summed E-state index contributed by atoms with van der Waals surface area (Å²) in [6.45, 7) is 4.57. The quantitative estimate of drug-likeness (QED) is 0.614. The molecule has 0 aliphatic carbocycles. The normalized spacial score (nSPS) is 10.8. The molecule has 130 valence electrons. The number of carbonyl (C=O) groups is 1. The number of nitrogens with zero attached hydrogens (tertiary/aromatic N) is 1. The Morgan fingerprint density at radius 3 is 2.56 bits per heavy atom. The van der Waals surface area contributed by atoms with Crippen LogP contribution in [0.3, 0.4) is 0 Å². The highest BCUT2D eigenvalue weighted by molar-refractivity contribution is 6.38. The number of hydrogen-bond donors (Lipinski definition) is 2. The monoisotopic (exact) mass is 355 g/mol. The number of carbonyl (C=O) groups excluding carboxylic acids is 1. The van der Waals surface area contributed by atoms with Gasteiger partial charge in [-0.05, 0) is 31.5 Å². The largest absolute Gasteiger partial charge is 0.372 e. The van der Waals surface area contributed by atoms with Gasteiger partial charge in [-0.2, -0.15) is 0 Å². The van der Waals surface area contributed by atoms with Gasteiger partial charge in [-0.3, -0.25) is 4.79 Å². The molecule has 1 amide bonds. The summed E-state index contributed by atoms with van der Waals surface area (Å²) in [5.74, 6) is -0.163. The molecule has 1 heterocycles. The molecule has 1 aromatic heterocycles. The van der Waals surface area contributed by atoms with Gasteiger partial charge in [0.25, 0.3) is 5.91 Å². The van der Waals surface area contributed by atoms with Gasteiger partial charge in [-0.15, -0.1) is 0 Å². The highest BCUT2D eigenvalue weighted by atomic mass is 35.5. The number of rotatable bonds is 7. The van der Waals surface area contributed by atoms with Crippen LogP contribution in [0.2, 0.25) is 5.02 Å². The van der Waals surface area contributed by atoms with Crippen molar-refractivity contribution in [3.05, 3.63) is 65.3 Å². The number of fused-ring (bicyclic) bond motifs is 1. The Morgan fingerprint density at radius 1 is 1.12 bits per heavy atom. The van der Waals surface area contributed by atoms with Gasteiger partial charge < -0.3 is 15.2 Å². The molecule has 0 aliphatic heterocycles. The van der Waals surface area contributed by atoms with Crippen LogP contribution in [-0.4, -0.2) is 30.5 Å². The van der Waals surface area contributed by atoms with Gasteiger partial charge in [-0.25, -0.2) is 0 Å². The number of halogens is 1. The van der Waals surface area contributed by atoms with Crippen molar-refractivity contribution < 1.29 is 4.79 Å². The zero-order valence-electron chi connectivity index (χ0n) is 14.3.